The Hall–Kier alpha value is -8.86. The van der Waals surface area contributed by atoms with Gasteiger partial charge in [0.15, 0.2) is 11.2 Å². The van der Waals surface area contributed by atoms with Crippen LogP contribution in [0.4, 0.5) is 28.4 Å². The maximum absolute atomic E-state index is 7.04. The lowest BCUT2D eigenvalue weighted by Crippen LogP contribution is -2.36. The number of anilines is 5. The minimum absolute atomic E-state index is 0.0148. The number of aryl methyl sites for hydroxylation is 2. The first-order chi connectivity index (χ1) is 35.6. The summed E-state index contributed by atoms with van der Waals surface area (Å²) in [7, 11) is 0. The van der Waals surface area contributed by atoms with Crippen LogP contribution in [-0.2, 0) is 12.8 Å². The topological polar surface area (TPSA) is 32.8 Å². The van der Waals surface area contributed by atoms with Crippen LogP contribution in [0.25, 0.3) is 89.1 Å². The maximum atomic E-state index is 7.04. The SMILES string of the molecule is CCc1cccc2c1oc1c(N(c3ccc(-c4ccccc4)cc3)c3ccc4c5c6c(ccc35)C=CC(N(c3ccc(-c5ccccc5)cc3)c3cccc5c3oc3c(CC)cccc35)C6C=C4)cccc12. The molecule has 2 aliphatic rings. The first-order valence-electron chi connectivity index (χ1n) is 25.4. The van der Waals surface area contributed by atoms with Crippen molar-refractivity contribution in [3.8, 4) is 22.3 Å². The van der Waals surface area contributed by atoms with E-state index in [2.05, 4.69) is 254 Å². The normalized spacial score (nSPS) is 14.8. The highest BCUT2D eigenvalue weighted by molar-refractivity contribution is 6.14. The van der Waals surface area contributed by atoms with E-state index in [1.807, 2.05) is 0 Å². The summed E-state index contributed by atoms with van der Waals surface area (Å²) in [5.41, 5.74) is 20.0. The van der Waals surface area contributed by atoms with Crippen LogP contribution in [-0.4, -0.2) is 6.04 Å². The van der Waals surface area contributed by atoms with Crippen molar-refractivity contribution in [2.75, 3.05) is 9.80 Å². The van der Waals surface area contributed by atoms with Crippen LogP contribution in [0.1, 0.15) is 47.6 Å². The van der Waals surface area contributed by atoms with Crippen LogP contribution in [0.2, 0.25) is 0 Å². The quantitative estimate of drug-likeness (QED) is 0.137. The number of fused-ring (bicyclic) bond motifs is 6. The predicted molar refractivity (Wildman–Crippen MR) is 302 cm³/mol. The number of furan rings is 2. The minimum atomic E-state index is -0.0816. The maximum Gasteiger partial charge on any atom is 0.159 e. The van der Waals surface area contributed by atoms with Gasteiger partial charge in [-0.1, -0.05) is 202 Å². The van der Waals surface area contributed by atoms with E-state index in [9.17, 15) is 0 Å². The van der Waals surface area contributed by atoms with E-state index in [0.717, 1.165) is 85.2 Å². The number of benzene rings is 10. The molecule has 0 amide bonds. The van der Waals surface area contributed by atoms with Crippen molar-refractivity contribution < 1.29 is 8.83 Å². The summed E-state index contributed by atoms with van der Waals surface area (Å²) in [6.45, 7) is 4.40. The van der Waals surface area contributed by atoms with Gasteiger partial charge in [-0.3, -0.25) is 0 Å². The zero-order valence-corrected chi connectivity index (χ0v) is 40.2. The predicted octanol–water partition coefficient (Wildman–Crippen LogP) is 18.9. The first-order valence-corrected chi connectivity index (χ1v) is 25.4. The van der Waals surface area contributed by atoms with Crippen molar-refractivity contribution >= 4 is 95.2 Å². The molecule has 4 heteroatoms. The summed E-state index contributed by atoms with van der Waals surface area (Å²) in [5.74, 6) is 0.0148. The molecule has 12 aromatic rings. The molecule has 2 atom stereocenters. The third kappa shape index (κ3) is 6.59. The highest BCUT2D eigenvalue weighted by Crippen LogP contribution is 2.52. The van der Waals surface area contributed by atoms with Crippen LogP contribution in [0, 0.1) is 0 Å². The van der Waals surface area contributed by atoms with Gasteiger partial charge < -0.3 is 18.6 Å². The number of rotatable bonds is 10. The Morgan fingerprint density at radius 3 is 1.47 bits per heavy atom. The molecule has 10 aromatic carbocycles. The molecule has 72 heavy (non-hydrogen) atoms. The molecule has 4 nitrogen and oxygen atoms in total. The van der Waals surface area contributed by atoms with Gasteiger partial charge in [-0.15, -0.1) is 0 Å². The second-order valence-electron chi connectivity index (χ2n) is 19.2. The summed E-state index contributed by atoms with van der Waals surface area (Å²) in [6, 6.07) is 74.9. The third-order valence-electron chi connectivity index (χ3n) is 15.4. The molecule has 2 aromatic heterocycles. The first kappa shape index (κ1) is 42.1. The summed E-state index contributed by atoms with van der Waals surface area (Å²) in [5, 5.41) is 7.00. The number of hydrogen-bond acceptors (Lipinski definition) is 4. The van der Waals surface area contributed by atoms with E-state index in [4.69, 9.17) is 8.83 Å². The fourth-order valence-electron chi connectivity index (χ4n) is 11.9. The highest BCUT2D eigenvalue weighted by atomic mass is 16.3. The van der Waals surface area contributed by atoms with Crippen LogP contribution >= 0.6 is 0 Å². The molecule has 0 radical (unpaired) electrons. The summed E-state index contributed by atoms with van der Waals surface area (Å²) < 4.78 is 14.1. The molecule has 2 heterocycles. The zero-order chi connectivity index (χ0) is 47.9. The van der Waals surface area contributed by atoms with Crippen LogP contribution < -0.4 is 9.80 Å². The Morgan fingerprint density at radius 2 is 0.875 bits per heavy atom. The fourth-order valence-corrected chi connectivity index (χ4v) is 11.9. The molecule has 0 saturated heterocycles. The Bertz CT molecular complexity index is 4120. The van der Waals surface area contributed by atoms with Gasteiger partial charge in [-0.2, -0.15) is 0 Å². The summed E-state index contributed by atoms with van der Waals surface area (Å²) in [4.78, 5) is 4.95. The molecule has 14 rings (SSSR count). The monoisotopic (exact) mass is 926 g/mol. The largest absolute Gasteiger partial charge is 0.454 e. The Morgan fingerprint density at radius 1 is 0.375 bits per heavy atom. The third-order valence-corrected chi connectivity index (χ3v) is 15.4. The van der Waals surface area contributed by atoms with Gasteiger partial charge in [0.25, 0.3) is 0 Å². The van der Waals surface area contributed by atoms with Gasteiger partial charge in [0.1, 0.15) is 11.2 Å². The molecule has 0 bridgehead atoms. The Labute approximate surface area is 419 Å². The molecular weight excluding hydrogens is 877 g/mol. The van der Waals surface area contributed by atoms with E-state index in [1.165, 1.54) is 60.8 Å². The molecule has 0 aliphatic heterocycles. The Kier molecular flexibility index (Phi) is 9.89. The number of hydrogen-bond donors (Lipinski definition) is 0. The van der Waals surface area contributed by atoms with Gasteiger partial charge in [-0.25, -0.2) is 0 Å². The lowest BCUT2D eigenvalue weighted by molar-refractivity contribution is 0.652. The molecule has 2 unspecified atom stereocenters. The average Bonchev–Trinajstić information content (AvgIpc) is 4.04. The van der Waals surface area contributed by atoms with Crippen molar-refractivity contribution in [1.82, 2.24) is 0 Å². The van der Waals surface area contributed by atoms with E-state index >= 15 is 0 Å². The van der Waals surface area contributed by atoms with E-state index in [0.29, 0.717) is 0 Å². The van der Waals surface area contributed by atoms with E-state index in [-0.39, 0.29) is 12.0 Å². The Balaban J connectivity index is 0.962. The van der Waals surface area contributed by atoms with E-state index in [1.54, 1.807) is 0 Å². The van der Waals surface area contributed by atoms with Gasteiger partial charge in [-0.05, 0) is 111 Å². The van der Waals surface area contributed by atoms with Crippen LogP contribution in [0.5, 0.6) is 0 Å². The summed E-state index contributed by atoms with van der Waals surface area (Å²) >= 11 is 0. The van der Waals surface area contributed by atoms with Gasteiger partial charge >= 0.3 is 0 Å². The van der Waals surface area contributed by atoms with Crippen molar-refractivity contribution in [3.05, 3.63) is 246 Å². The van der Waals surface area contributed by atoms with Crippen molar-refractivity contribution in [1.29, 1.82) is 0 Å². The van der Waals surface area contributed by atoms with Crippen molar-refractivity contribution in [2.24, 2.45) is 0 Å². The molecular formula is C68H50N2O2. The van der Waals surface area contributed by atoms with Crippen LogP contribution in [0.3, 0.4) is 0 Å². The molecule has 0 saturated carbocycles. The lowest BCUT2D eigenvalue weighted by atomic mass is 9.75. The summed E-state index contributed by atoms with van der Waals surface area (Å²) in [6.07, 6.45) is 11.3. The number of nitrogens with zero attached hydrogens (tertiary/aromatic N) is 2. The molecule has 2 aliphatic carbocycles. The molecule has 0 fully saturated rings. The van der Waals surface area contributed by atoms with Gasteiger partial charge in [0.2, 0.25) is 0 Å². The van der Waals surface area contributed by atoms with E-state index < -0.39 is 0 Å². The lowest BCUT2D eigenvalue weighted by Gasteiger charge is -2.40. The molecule has 344 valence electrons. The zero-order valence-electron chi connectivity index (χ0n) is 40.2. The molecule has 0 N–H and O–H groups in total. The van der Waals surface area contributed by atoms with Crippen molar-refractivity contribution in [3.63, 3.8) is 0 Å². The van der Waals surface area contributed by atoms with Crippen LogP contribution in [0.15, 0.2) is 227 Å². The van der Waals surface area contributed by atoms with Gasteiger partial charge in [0, 0.05) is 44.2 Å². The second-order valence-corrected chi connectivity index (χ2v) is 19.2. The second kappa shape index (κ2) is 16.9. The smallest absolute Gasteiger partial charge is 0.159 e. The average molecular weight is 927 g/mol. The minimum Gasteiger partial charge on any atom is -0.454 e. The standard InChI is InChI=1S/C68H50N2O2/c1-3-43-19-11-21-53-55-23-13-25-61(67(55)71-65(43)53)69(51-35-27-47(28-36-51)45-15-7-5-8-16-45)59-41-33-49-32-40-58-60(42-34-50-31-39-57(59)63(49)64(50)58)70(52-37-29-48(30-38-52)46-17-9-6-10-18-46)62-26-14-24-56-54-22-12-20-44(4-2)66(54)72-68(56)62/h5-42,57,59H,3-4H2,1-2H3. The van der Waals surface area contributed by atoms with Gasteiger partial charge in [0.05, 0.1) is 23.1 Å². The fraction of sp³-hybridized carbons (Fsp3) is 0.0882. The van der Waals surface area contributed by atoms with Crippen molar-refractivity contribution in [2.45, 2.75) is 38.6 Å². The molecule has 0 spiro atoms. The number of para-hydroxylation sites is 4. The highest BCUT2D eigenvalue weighted by Gasteiger charge is 2.36.